The van der Waals surface area contributed by atoms with Gasteiger partial charge in [-0.3, -0.25) is 14.3 Å². The summed E-state index contributed by atoms with van der Waals surface area (Å²) in [7, 11) is -4.09. The second kappa shape index (κ2) is 9.23. The molecule has 7 heteroatoms. The van der Waals surface area contributed by atoms with Gasteiger partial charge in [-0.1, -0.05) is 54.1 Å². The molecule has 0 bridgehead atoms. The van der Waals surface area contributed by atoms with E-state index in [2.05, 4.69) is 11.0 Å². The minimum atomic E-state index is -4.09. The minimum absolute atomic E-state index is 0.0342. The minimum Gasteiger partial charge on any atom is -0.481 e. The summed E-state index contributed by atoms with van der Waals surface area (Å²) in [4.78, 5) is 32.1. The SMILES string of the molecule is Cc1cccc(C(CC(=O)O)N(Cc2ccc(CP(=O)(O)O)cc2)CC2CC2)c1. The van der Waals surface area contributed by atoms with E-state index in [0.29, 0.717) is 18.0 Å². The van der Waals surface area contributed by atoms with E-state index in [1.165, 1.54) is 12.8 Å². The number of aliphatic carboxylic acids is 1. The average Bonchev–Trinajstić information content (AvgIpc) is 3.43. The van der Waals surface area contributed by atoms with Crippen LogP contribution < -0.4 is 0 Å². The maximum absolute atomic E-state index is 11.6. The summed E-state index contributed by atoms with van der Waals surface area (Å²) in [5, 5.41) is 9.52. The zero-order chi connectivity index (χ0) is 21.0. The van der Waals surface area contributed by atoms with Gasteiger partial charge in [-0.05, 0) is 42.4 Å². The number of rotatable bonds is 10. The standard InChI is InChI=1S/C22H28NO5P/c1-16-3-2-4-20(11-16)21(12-22(24)25)23(13-17-5-6-17)14-18-7-9-19(10-8-18)15-29(26,27)28/h2-4,7-11,17,21H,5-6,12-15H2,1H3,(H,24,25)(H2,26,27,28). The van der Waals surface area contributed by atoms with E-state index >= 15 is 0 Å². The fourth-order valence-electron chi connectivity index (χ4n) is 3.66. The molecule has 2 aromatic carbocycles. The van der Waals surface area contributed by atoms with E-state index < -0.39 is 13.6 Å². The highest BCUT2D eigenvalue weighted by Gasteiger charge is 2.30. The predicted octanol–water partition coefficient (Wildman–Crippen LogP) is 4.10. The highest BCUT2D eigenvalue weighted by molar-refractivity contribution is 7.50. The van der Waals surface area contributed by atoms with Gasteiger partial charge in [0.25, 0.3) is 0 Å². The van der Waals surface area contributed by atoms with E-state index in [9.17, 15) is 14.5 Å². The van der Waals surface area contributed by atoms with Gasteiger partial charge in [0.1, 0.15) is 0 Å². The molecule has 1 atom stereocenters. The Labute approximate surface area is 171 Å². The van der Waals surface area contributed by atoms with Crippen LogP contribution in [0.4, 0.5) is 0 Å². The molecule has 3 N–H and O–H groups in total. The first-order valence-electron chi connectivity index (χ1n) is 9.84. The van der Waals surface area contributed by atoms with Crippen LogP contribution in [0.2, 0.25) is 0 Å². The van der Waals surface area contributed by atoms with Crippen molar-refractivity contribution in [1.82, 2.24) is 4.90 Å². The van der Waals surface area contributed by atoms with Crippen LogP contribution in [0.25, 0.3) is 0 Å². The summed E-state index contributed by atoms with van der Waals surface area (Å²) in [5.41, 5.74) is 3.71. The lowest BCUT2D eigenvalue weighted by Crippen LogP contribution is -2.32. The van der Waals surface area contributed by atoms with Gasteiger partial charge in [-0.15, -0.1) is 0 Å². The predicted molar refractivity (Wildman–Crippen MR) is 111 cm³/mol. The molecule has 0 heterocycles. The maximum Gasteiger partial charge on any atom is 0.329 e. The average molecular weight is 417 g/mol. The van der Waals surface area contributed by atoms with E-state index in [4.69, 9.17) is 9.79 Å². The normalized spacial score (nSPS) is 15.4. The zero-order valence-electron chi connectivity index (χ0n) is 16.6. The Morgan fingerprint density at radius 2 is 1.79 bits per heavy atom. The first kappa shape index (κ1) is 21.7. The van der Waals surface area contributed by atoms with Gasteiger partial charge in [-0.2, -0.15) is 0 Å². The van der Waals surface area contributed by atoms with Crippen LogP contribution in [0.1, 0.15) is 47.6 Å². The summed E-state index contributed by atoms with van der Waals surface area (Å²) in [6.45, 7) is 3.45. The van der Waals surface area contributed by atoms with Gasteiger partial charge in [0.15, 0.2) is 0 Å². The summed E-state index contributed by atoms with van der Waals surface area (Å²) in [6.07, 6.45) is 2.10. The van der Waals surface area contributed by atoms with Crippen molar-refractivity contribution < 1.29 is 24.3 Å². The van der Waals surface area contributed by atoms with E-state index in [1.54, 1.807) is 12.1 Å². The molecule has 2 aromatic rings. The zero-order valence-corrected chi connectivity index (χ0v) is 17.5. The molecule has 156 valence electrons. The lowest BCUT2D eigenvalue weighted by atomic mass is 9.98. The number of nitrogens with zero attached hydrogens (tertiary/aromatic N) is 1. The highest BCUT2D eigenvalue weighted by Crippen LogP contribution is 2.39. The lowest BCUT2D eigenvalue weighted by Gasteiger charge is -2.32. The third kappa shape index (κ3) is 7.09. The molecule has 1 unspecified atom stereocenters. The fraction of sp³-hybridized carbons (Fsp3) is 0.409. The Morgan fingerprint density at radius 1 is 1.14 bits per heavy atom. The van der Waals surface area contributed by atoms with Crippen LogP contribution in [0.3, 0.4) is 0 Å². The molecular weight excluding hydrogens is 389 g/mol. The molecular formula is C22H28NO5P. The van der Waals surface area contributed by atoms with E-state index in [0.717, 1.165) is 23.2 Å². The topological polar surface area (TPSA) is 98.1 Å². The van der Waals surface area contributed by atoms with Gasteiger partial charge in [-0.25, -0.2) is 0 Å². The smallest absolute Gasteiger partial charge is 0.329 e. The van der Waals surface area contributed by atoms with Crippen molar-refractivity contribution in [3.63, 3.8) is 0 Å². The van der Waals surface area contributed by atoms with Crippen LogP contribution in [0.15, 0.2) is 48.5 Å². The highest BCUT2D eigenvalue weighted by atomic mass is 31.2. The second-order valence-electron chi connectivity index (χ2n) is 8.04. The number of carbonyl (C=O) groups is 1. The molecule has 0 saturated heterocycles. The molecule has 6 nitrogen and oxygen atoms in total. The molecule has 0 aromatic heterocycles. The summed E-state index contributed by atoms with van der Waals surface area (Å²) < 4.78 is 11.2. The summed E-state index contributed by atoms with van der Waals surface area (Å²) in [5.74, 6) is -0.223. The Kier molecular flexibility index (Phi) is 6.91. The fourth-order valence-corrected chi connectivity index (χ4v) is 4.34. The monoisotopic (exact) mass is 417 g/mol. The number of benzene rings is 2. The second-order valence-corrected chi connectivity index (χ2v) is 9.69. The summed E-state index contributed by atoms with van der Waals surface area (Å²) >= 11 is 0. The lowest BCUT2D eigenvalue weighted by molar-refractivity contribution is -0.138. The first-order valence-corrected chi connectivity index (χ1v) is 11.6. The molecule has 3 rings (SSSR count). The number of aryl methyl sites for hydroxylation is 1. The van der Waals surface area contributed by atoms with Gasteiger partial charge in [0.05, 0.1) is 12.6 Å². The van der Waals surface area contributed by atoms with Crippen LogP contribution in [0, 0.1) is 12.8 Å². The van der Waals surface area contributed by atoms with Crippen LogP contribution in [-0.2, 0) is 22.1 Å². The van der Waals surface area contributed by atoms with Crippen molar-refractivity contribution in [2.24, 2.45) is 5.92 Å². The number of carboxylic acids is 1. The number of carboxylic acid groups (broad SMARTS) is 1. The molecule has 0 radical (unpaired) electrons. The number of hydrogen-bond acceptors (Lipinski definition) is 3. The molecule has 1 saturated carbocycles. The van der Waals surface area contributed by atoms with E-state index in [1.807, 2.05) is 37.3 Å². The molecule has 0 aliphatic heterocycles. The molecule has 0 spiro atoms. The molecule has 1 aliphatic rings. The summed E-state index contributed by atoms with van der Waals surface area (Å²) in [6, 6.07) is 15.0. The van der Waals surface area contributed by atoms with Gasteiger partial charge >= 0.3 is 13.6 Å². The maximum atomic E-state index is 11.6. The van der Waals surface area contributed by atoms with Gasteiger partial charge in [0, 0.05) is 19.1 Å². The van der Waals surface area contributed by atoms with Crippen molar-refractivity contribution in [1.29, 1.82) is 0 Å². The van der Waals surface area contributed by atoms with Crippen LogP contribution in [0.5, 0.6) is 0 Å². The third-order valence-electron chi connectivity index (χ3n) is 5.22. The molecule has 29 heavy (non-hydrogen) atoms. The number of hydrogen-bond donors (Lipinski definition) is 3. The van der Waals surface area contributed by atoms with E-state index in [-0.39, 0.29) is 18.6 Å². The molecule has 1 aliphatic carbocycles. The van der Waals surface area contributed by atoms with Crippen molar-refractivity contribution in [2.45, 2.75) is 44.9 Å². The Balaban J connectivity index is 1.83. The van der Waals surface area contributed by atoms with Crippen molar-refractivity contribution >= 4 is 13.6 Å². The first-order chi connectivity index (χ1) is 13.7. The van der Waals surface area contributed by atoms with Gasteiger partial charge in [0.2, 0.25) is 0 Å². The molecule has 0 amide bonds. The van der Waals surface area contributed by atoms with Gasteiger partial charge < -0.3 is 14.9 Å². The van der Waals surface area contributed by atoms with Crippen molar-refractivity contribution in [3.8, 4) is 0 Å². The van der Waals surface area contributed by atoms with Crippen molar-refractivity contribution in [3.05, 3.63) is 70.8 Å². The van der Waals surface area contributed by atoms with Crippen LogP contribution >= 0.6 is 7.60 Å². The Bertz CT molecular complexity index is 888. The Morgan fingerprint density at radius 3 is 2.34 bits per heavy atom. The quantitative estimate of drug-likeness (QED) is 0.504. The molecule has 1 fully saturated rings. The van der Waals surface area contributed by atoms with Crippen molar-refractivity contribution in [2.75, 3.05) is 6.54 Å². The Hall–Kier alpha value is -1.98. The largest absolute Gasteiger partial charge is 0.481 e. The van der Waals surface area contributed by atoms with Crippen LogP contribution in [-0.4, -0.2) is 32.3 Å². The third-order valence-corrected chi connectivity index (χ3v) is 6.00.